The lowest BCUT2D eigenvalue weighted by Crippen LogP contribution is -2.26. The number of rotatable bonds is 5. The van der Waals surface area contributed by atoms with E-state index in [1.807, 2.05) is 12.3 Å². The number of carbonyl (C=O) groups is 1. The lowest BCUT2D eigenvalue weighted by atomic mass is 9.94. The quantitative estimate of drug-likeness (QED) is 0.555. The molecule has 2 aromatic rings. The minimum Gasteiger partial charge on any atom is -0.492 e. The molecule has 0 spiro atoms. The van der Waals surface area contributed by atoms with E-state index < -0.39 is 0 Å². The van der Waals surface area contributed by atoms with Crippen molar-refractivity contribution >= 4 is 23.4 Å². The molecule has 3 N–H and O–H groups in total. The molecule has 0 unspecified atom stereocenters. The van der Waals surface area contributed by atoms with Crippen LogP contribution in [0.5, 0.6) is 17.2 Å². The topological polar surface area (TPSA) is 99.9 Å². The van der Waals surface area contributed by atoms with E-state index in [4.69, 9.17) is 19.9 Å². The molecule has 1 aliphatic carbocycles. The lowest BCUT2D eigenvalue weighted by Gasteiger charge is -2.21. The molecule has 1 amide bonds. The fraction of sp³-hybridized carbons (Fsp3) is 0.364. The van der Waals surface area contributed by atoms with E-state index in [9.17, 15) is 9.59 Å². The number of nitrogen functional groups attached to an aromatic ring is 1. The highest BCUT2D eigenvalue weighted by Gasteiger charge is 2.31. The number of carbonyl (C=O) groups excluding carboxylic acids is 1. The van der Waals surface area contributed by atoms with Gasteiger partial charge in [-0.25, -0.2) is 0 Å². The van der Waals surface area contributed by atoms with Crippen LogP contribution < -0.4 is 30.7 Å². The van der Waals surface area contributed by atoms with E-state index in [0.717, 1.165) is 22.3 Å². The maximum absolute atomic E-state index is 12.8. The van der Waals surface area contributed by atoms with Gasteiger partial charge in [-0.2, -0.15) is 0 Å². The van der Waals surface area contributed by atoms with Gasteiger partial charge in [0.1, 0.15) is 0 Å². The Hall–Kier alpha value is -2.87. The predicted octanol–water partition coefficient (Wildman–Crippen LogP) is 3.17. The highest BCUT2D eigenvalue weighted by molar-refractivity contribution is 7.98. The number of nitrogens with one attached hydrogen (secondary N) is 1. The lowest BCUT2D eigenvalue weighted by molar-refractivity contribution is -0.119. The summed E-state index contributed by atoms with van der Waals surface area (Å²) in [5, 5.41) is 2.98. The minimum atomic E-state index is -0.346. The average Bonchev–Trinajstić information content (AvgIpc) is 2.96. The maximum atomic E-state index is 12.8. The number of benzene rings is 1. The third kappa shape index (κ3) is 3.67. The van der Waals surface area contributed by atoms with Gasteiger partial charge in [-0.1, -0.05) is 6.07 Å². The zero-order chi connectivity index (χ0) is 22.0. The first-order chi connectivity index (χ1) is 14.4. The van der Waals surface area contributed by atoms with Gasteiger partial charge in [0.05, 0.1) is 38.0 Å². The summed E-state index contributed by atoms with van der Waals surface area (Å²) in [7, 11) is 4.61. The van der Waals surface area contributed by atoms with Gasteiger partial charge < -0.3 is 25.3 Å². The molecule has 0 bridgehead atoms. The fourth-order valence-electron chi connectivity index (χ4n) is 4.03. The number of anilines is 1. The van der Waals surface area contributed by atoms with Gasteiger partial charge in [-0.05, 0) is 47.9 Å². The molecule has 0 aromatic heterocycles. The Morgan fingerprint density at radius 1 is 1.13 bits per heavy atom. The first-order valence-electron chi connectivity index (χ1n) is 9.47. The Bertz CT molecular complexity index is 1050. The number of hydrogen-bond donors (Lipinski definition) is 2. The molecule has 8 heteroatoms. The zero-order valence-corrected chi connectivity index (χ0v) is 18.6. The molecule has 2 aromatic carbocycles. The normalized spacial score (nSPS) is 14.8. The van der Waals surface area contributed by atoms with Crippen LogP contribution in [0.15, 0.2) is 27.9 Å². The molecule has 0 aliphatic heterocycles. The average molecular weight is 431 g/mol. The van der Waals surface area contributed by atoms with Crippen molar-refractivity contribution < 1.29 is 19.0 Å². The van der Waals surface area contributed by atoms with E-state index in [1.54, 1.807) is 19.2 Å². The van der Waals surface area contributed by atoms with Gasteiger partial charge >= 0.3 is 0 Å². The highest BCUT2D eigenvalue weighted by atomic mass is 32.2. The minimum absolute atomic E-state index is 0.102. The SMILES string of the molecule is COc1c(N)c2c(c(OC)c1OC)-c1ccc(SC)c(=O)cc1[C@@H](NC(C)=O)CC2. The van der Waals surface area contributed by atoms with Crippen molar-refractivity contribution in [3.05, 3.63) is 39.5 Å². The van der Waals surface area contributed by atoms with Gasteiger partial charge in [0.15, 0.2) is 16.9 Å². The van der Waals surface area contributed by atoms with E-state index in [0.29, 0.717) is 40.7 Å². The molecule has 7 nitrogen and oxygen atoms in total. The number of hydrogen-bond acceptors (Lipinski definition) is 7. The van der Waals surface area contributed by atoms with Gasteiger partial charge in [0.2, 0.25) is 11.7 Å². The summed E-state index contributed by atoms with van der Waals surface area (Å²) in [6.07, 6.45) is 2.99. The highest BCUT2D eigenvalue weighted by Crippen LogP contribution is 2.53. The number of thioether (sulfide) groups is 1. The predicted molar refractivity (Wildman–Crippen MR) is 119 cm³/mol. The fourth-order valence-corrected chi connectivity index (χ4v) is 4.49. The third-order valence-corrected chi connectivity index (χ3v) is 6.07. The second-order valence-corrected chi connectivity index (χ2v) is 7.79. The van der Waals surface area contributed by atoms with Crippen molar-refractivity contribution in [1.29, 1.82) is 0 Å². The molecule has 0 saturated carbocycles. The first-order valence-corrected chi connectivity index (χ1v) is 10.7. The Balaban J connectivity index is 2.47. The number of ether oxygens (including phenoxy) is 3. The summed E-state index contributed by atoms with van der Waals surface area (Å²) in [6, 6.07) is 4.93. The van der Waals surface area contributed by atoms with Crippen LogP contribution >= 0.6 is 11.8 Å². The van der Waals surface area contributed by atoms with Crippen LogP contribution in [0.4, 0.5) is 5.69 Å². The van der Waals surface area contributed by atoms with E-state index in [2.05, 4.69) is 5.32 Å². The van der Waals surface area contributed by atoms with E-state index >= 15 is 0 Å². The van der Waals surface area contributed by atoms with Crippen LogP contribution in [-0.2, 0) is 11.2 Å². The number of fused-ring (bicyclic) bond motifs is 3. The molecule has 3 rings (SSSR count). The first kappa shape index (κ1) is 21.8. The Morgan fingerprint density at radius 3 is 2.37 bits per heavy atom. The molecule has 30 heavy (non-hydrogen) atoms. The molecular weight excluding hydrogens is 404 g/mol. The van der Waals surface area contributed by atoms with Gasteiger partial charge in [-0.15, -0.1) is 11.8 Å². The summed E-state index contributed by atoms with van der Waals surface area (Å²) in [6.45, 7) is 1.47. The molecule has 1 aliphatic rings. The second kappa shape index (κ2) is 8.87. The van der Waals surface area contributed by atoms with E-state index in [1.165, 1.54) is 32.9 Å². The molecule has 160 valence electrons. The monoisotopic (exact) mass is 430 g/mol. The summed E-state index contributed by atoms with van der Waals surface area (Å²) < 4.78 is 16.8. The van der Waals surface area contributed by atoms with Crippen LogP contribution in [0.3, 0.4) is 0 Å². The molecular formula is C22H26N2O5S. The van der Waals surface area contributed by atoms with Crippen LogP contribution in [0, 0.1) is 0 Å². The Kier molecular flexibility index (Phi) is 6.45. The standard InChI is InChI=1S/C22H26N2O5S/c1-11(25)24-15-8-6-13-18(12-7-9-17(30-5)16(26)10-14(12)15)20(27-2)22(29-4)21(28-3)19(13)23/h7,9-10,15H,6,8,23H2,1-5H3,(H,24,25)/t15-/m0/s1. The van der Waals surface area contributed by atoms with Crippen molar-refractivity contribution in [3.8, 4) is 28.4 Å². The van der Waals surface area contributed by atoms with Crippen molar-refractivity contribution in [3.63, 3.8) is 0 Å². The number of amides is 1. The molecule has 0 fully saturated rings. The number of nitrogens with two attached hydrogens (primary N) is 1. The Labute approximate surface area is 179 Å². The molecule has 0 saturated heterocycles. The molecule has 1 atom stereocenters. The maximum Gasteiger partial charge on any atom is 0.217 e. The van der Waals surface area contributed by atoms with Crippen LogP contribution in [0.2, 0.25) is 0 Å². The van der Waals surface area contributed by atoms with Crippen molar-refractivity contribution in [2.75, 3.05) is 33.3 Å². The van der Waals surface area contributed by atoms with Crippen LogP contribution in [-0.4, -0.2) is 33.5 Å². The smallest absolute Gasteiger partial charge is 0.217 e. The van der Waals surface area contributed by atoms with Gasteiger partial charge in [0, 0.05) is 12.5 Å². The number of methoxy groups -OCH3 is 3. The van der Waals surface area contributed by atoms with Crippen LogP contribution in [0.25, 0.3) is 11.1 Å². The van der Waals surface area contributed by atoms with Crippen molar-refractivity contribution in [2.24, 2.45) is 0 Å². The summed E-state index contributed by atoms with van der Waals surface area (Å²) in [4.78, 5) is 25.3. The van der Waals surface area contributed by atoms with Crippen molar-refractivity contribution in [1.82, 2.24) is 5.32 Å². The Morgan fingerprint density at radius 2 is 1.80 bits per heavy atom. The summed E-state index contributed by atoms with van der Waals surface area (Å²) in [5.74, 6) is 1.10. The summed E-state index contributed by atoms with van der Waals surface area (Å²) >= 11 is 1.38. The molecule has 0 heterocycles. The van der Waals surface area contributed by atoms with E-state index in [-0.39, 0.29) is 17.4 Å². The van der Waals surface area contributed by atoms with Crippen LogP contribution in [0.1, 0.15) is 30.5 Å². The second-order valence-electron chi connectivity index (χ2n) is 6.94. The van der Waals surface area contributed by atoms with Gasteiger partial charge in [0.25, 0.3) is 0 Å². The summed E-state index contributed by atoms with van der Waals surface area (Å²) in [5.41, 5.74) is 9.92. The third-order valence-electron chi connectivity index (χ3n) is 5.29. The largest absolute Gasteiger partial charge is 0.492 e. The van der Waals surface area contributed by atoms with Crippen molar-refractivity contribution in [2.45, 2.75) is 30.7 Å². The van der Waals surface area contributed by atoms with Gasteiger partial charge in [-0.3, -0.25) is 9.59 Å². The molecule has 0 radical (unpaired) electrons. The zero-order valence-electron chi connectivity index (χ0n) is 17.8.